The average molecular weight is 504 g/mol. The van der Waals surface area contributed by atoms with Gasteiger partial charge in [-0.1, -0.05) is 0 Å². The van der Waals surface area contributed by atoms with Gasteiger partial charge >= 0.3 is 18.0 Å². The van der Waals surface area contributed by atoms with Gasteiger partial charge in [-0.2, -0.15) is 13.2 Å². The van der Waals surface area contributed by atoms with Crippen LogP contribution in [0.1, 0.15) is 23.3 Å². The van der Waals surface area contributed by atoms with Gasteiger partial charge in [-0.25, -0.2) is 9.59 Å². The van der Waals surface area contributed by atoms with E-state index in [1.54, 1.807) is 11.8 Å². The maximum absolute atomic E-state index is 13.2. The van der Waals surface area contributed by atoms with Gasteiger partial charge in [0.05, 0.1) is 31.7 Å². The minimum atomic E-state index is -4.73. The molecule has 2 fully saturated rings. The summed E-state index contributed by atoms with van der Waals surface area (Å²) in [5.74, 6) is 0.301. The quantitative estimate of drug-likeness (QED) is 0.663. The zero-order chi connectivity index (χ0) is 24.6. The van der Waals surface area contributed by atoms with E-state index in [1.165, 1.54) is 23.0 Å². The standard InChI is InChI=1S/C20H24F3N5O5S/c1-11-13(9-26-6-5-24-17(26)25-18(30)32-2)34-16-14(11)15(29)28(10-20(21,22)23)19(31)27(16)8-12-4-3-7-33-12/h12H,3-10H2,1-2H3,(H,24,25,30). The van der Waals surface area contributed by atoms with E-state index in [0.717, 1.165) is 6.42 Å². The molecule has 2 aliphatic heterocycles. The molecule has 0 bridgehead atoms. The average Bonchev–Trinajstić information content (AvgIpc) is 3.50. The number of rotatable bonds is 5. The van der Waals surface area contributed by atoms with Crippen molar-refractivity contribution in [1.82, 2.24) is 19.4 Å². The highest BCUT2D eigenvalue weighted by molar-refractivity contribution is 7.18. The van der Waals surface area contributed by atoms with Gasteiger partial charge in [-0.3, -0.25) is 13.9 Å². The minimum Gasteiger partial charge on any atom is -0.451 e. The summed E-state index contributed by atoms with van der Waals surface area (Å²) in [4.78, 5) is 44.2. The van der Waals surface area contributed by atoms with Crippen molar-refractivity contribution in [3.05, 3.63) is 31.3 Å². The summed E-state index contributed by atoms with van der Waals surface area (Å²) in [6, 6.07) is 0. The lowest BCUT2D eigenvalue weighted by atomic mass is 10.2. The van der Waals surface area contributed by atoms with Crippen molar-refractivity contribution in [2.75, 3.05) is 26.8 Å². The summed E-state index contributed by atoms with van der Waals surface area (Å²) in [6.45, 7) is 1.86. The molecule has 0 saturated carbocycles. The number of hydrogen-bond acceptors (Lipinski definition) is 6. The van der Waals surface area contributed by atoms with E-state index in [-0.39, 0.29) is 29.1 Å². The first-order chi connectivity index (χ1) is 16.1. The van der Waals surface area contributed by atoms with E-state index in [0.29, 0.717) is 47.3 Å². The van der Waals surface area contributed by atoms with E-state index in [2.05, 4.69) is 15.0 Å². The fourth-order valence-electron chi connectivity index (χ4n) is 4.15. The molecule has 2 aromatic heterocycles. The number of nitrogens with one attached hydrogen (secondary N) is 1. The van der Waals surface area contributed by atoms with Crippen molar-refractivity contribution in [2.45, 2.75) is 51.7 Å². The number of hydrogen-bond donors (Lipinski definition) is 1. The molecule has 2 saturated heterocycles. The van der Waals surface area contributed by atoms with Crippen molar-refractivity contribution in [1.29, 1.82) is 0 Å². The summed E-state index contributed by atoms with van der Waals surface area (Å²) in [5, 5.41) is 3.06. The topological polar surface area (TPSA) is 107 Å². The van der Waals surface area contributed by atoms with E-state index in [9.17, 15) is 27.6 Å². The van der Waals surface area contributed by atoms with Crippen LogP contribution < -0.4 is 16.6 Å². The molecular formula is C20H24F3N5O5S. The van der Waals surface area contributed by atoms with Gasteiger partial charge in [0.1, 0.15) is 11.4 Å². The third-order valence-corrected chi connectivity index (χ3v) is 7.11. The second-order valence-electron chi connectivity index (χ2n) is 8.12. The number of alkyl halides is 3. The van der Waals surface area contributed by atoms with Crippen molar-refractivity contribution in [3.63, 3.8) is 0 Å². The number of carbonyl (C=O) groups excluding carboxylic acids is 1. The van der Waals surface area contributed by atoms with Crippen LogP contribution in [0.2, 0.25) is 0 Å². The zero-order valence-corrected chi connectivity index (χ0v) is 19.4. The third-order valence-electron chi connectivity index (χ3n) is 5.81. The summed E-state index contributed by atoms with van der Waals surface area (Å²) >= 11 is 1.17. The first-order valence-electron chi connectivity index (χ1n) is 10.7. The molecule has 0 radical (unpaired) electrons. The van der Waals surface area contributed by atoms with Crippen LogP contribution in [-0.4, -0.2) is 65.2 Å². The molecule has 10 nitrogen and oxygen atoms in total. The number of ether oxygens (including phenoxy) is 2. The summed E-state index contributed by atoms with van der Waals surface area (Å²) in [7, 11) is 1.21. The monoisotopic (exact) mass is 503 g/mol. The Kier molecular flexibility index (Phi) is 6.71. The first-order valence-corrected chi connectivity index (χ1v) is 11.5. The van der Waals surface area contributed by atoms with Crippen LogP contribution in [0.15, 0.2) is 14.6 Å². The van der Waals surface area contributed by atoms with Crippen molar-refractivity contribution in [2.24, 2.45) is 4.99 Å². The molecule has 1 unspecified atom stereocenters. The number of halogens is 3. The maximum Gasteiger partial charge on any atom is 0.436 e. The number of methoxy groups -OCH3 is 1. The summed E-state index contributed by atoms with van der Waals surface area (Å²) in [5.41, 5.74) is -1.48. The van der Waals surface area contributed by atoms with Crippen LogP contribution >= 0.6 is 11.3 Å². The lowest BCUT2D eigenvalue weighted by Crippen LogP contribution is -2.44. The summed E-state index contributed by atoms with van der Waals surface area (Å²) in [6.07, 6.45) is -4.35. The molecule has 1 amide bonds. The Morgan fingerprint density at radius 1 is 1.32 bits per heavy atom. The Labute approximate surface area is 195 Å². The van der Waals surface area contributed by atoms with Gasteiger partial charge < -0.3 is 19.7 Å². The molecule has 4 rings (SSSR count). The number of aromatic nitrogens is 2. The Balaban J connectivity index is 1.81. The highest BCUT2D eigenvalue weighted by atomic mass is 32.1. The third kappa shape index (κ3) is 4.82. The lowest BCUT2D eigenvalue weighted by molar-refractivity contribution is -0.142. The fourth-order valence-corrected chi connectivity index (χ4v) is 5.47. The van der Waals surface area contributed by atoms with E-state index in [4.69, 9.17) is 4.74 Å². The van der Waals surface area contributed by atoms with Crippen LogP contribution in [0.3, 0.4) is 0 Å². The number of carbonyl (C=O) groups is 1. The zero-order valence-electron chi connectivity index (χ0n) is 18.6. The van der Waals surface area contributed by atoms with E-state index >= 15 is 0 Å². The predicted molar refractivity (Wildman–Crippen MR) is 118 cm³/mol. The molecular weight excluding hydrogens is 479 g/mol. The Hall–Kier alpha value is -2.87. The largest absolute Gasteiger partial charge is 0.451 e. The maximum atomic E-state index is 13.2. The summed E-state index contributed by atoms with van der Waals surface area (Å²) < 4.78 is 51.2. The number of thiophene rings is 1. The van der Waals surface area contributed by atoms with Crippen LogP contribution in [0, 0.1) is 6.92 Å². The molecule has 0 aliphatic carbocycles. The van der Waals surface area contributed by atoms with Crippen molar-refractivity contribution < 1.29 is 27.4 Å². The van der Waals surface area contributed by atoms with Gasteiger partial charge in [0.25, 0.3) is 5.56 Å². The predicted octanol–water partition coefficient (Wildman–Crippen LogP) is 1.80. The fraction of sp³-hybridized carbons (Fsp3) is 0.600. The van der Waals surface area contributed by atoms with Crippen LogP contribution in [0.25, 0.3) is 10.2 Å². The minimum absolute atomic E-state index is 0.0627. The number of fused-ring (bicyclic) bond motifs is 1. The van der Waals surface area contributed by atoms with Crippen molar-refractivity contribution in [3.8, 4) is 0 Å². The molecule has 1 N–H and O–H groups in total. The Bertz CT molecular complexity index is 1240. The lowest BCUT2D eigenvalue weighted by Gasteiger charge is -2.16. The molecule has 0 spiro atoms. The van der Waals surface area contributed by atoms with E-state index in [1.807, 2.05) is 0 Å². The second kappa shape index (κ2) is 9.41. The van der Waals surface area contributed by atoms with Gasteiger partial charge in [0.2, 0.25) is 5.96 Å². The van der Waals surface area contributed by atoms with Crippen LogP contribution in [-0.2, 0) is 29.1 Å². The second-order valence-corrected chi connectivity index (χ2v) is 9.20. The van der Waals surface area contributed by atoms with Crippen molar-refractivity contribution >= 4 is 33.6 Å². The van der Waals surface area contributed by atoms with Gasteiger partial charge in [0.15, 0.2) is 0 Å². The molecule has 2 aromatic rings. The Morgan fingerprint density at radius 2 is 2.09 bits per heavy atom. The highest BCUT2D eigenvalue weighted by Crippen LogP contribution is 2.30. The SMILES string of the molecule is COC(=O)/N=C1\NCCN1Cc1sc2c(c1C)c(=O)n(CC(F)(F)F)c(=O)n2CC1CCCO1. The molecule has 186 valence electrons. The molecule has 2 aliphatic rings. The van der Waals surface area contributed by atoms with Crippen LogP contribution in [0.5, 0.6) is 0 Å². The number of guanidine groups is 1. The first kappa shape index (κ1) is 24.3. The number of amides is 1. The van der Waals surface area contributed by atoms with Gasteiger partial charge in [0, 0.05) is 24.6 Å². The molecule has 34 heavy (non-hydrogen) atoms. The molecule has 1 atom stereocenters. The number of nitrogens with zero attached hydrogens (tertiary/aromatic N) is 4. The number of aliphatic imine (C=N–C) groups is 1. The van der Waals surface area contributed by atoms with Crippen LogP contribution in [0.4, 0.5) is 18.0 Å². The smallest absolute Gasteiger partial charge is 0.436 e. The van der Waals surface area contributed by atoms with Gasteiger partial charge in [-0.05, 0) is 25.3 Å². The molecule has 4 heterocycles. The normalized spacial score (nSPS) is 19.9. The highest BCUT2D eigenvalue weighted by Gasteiger charge is 2.32. The van der Waals surface area contributed by atoms with E-state index < -0.39 is 30.1 Å². The van der Waals surface area contributed by atoms with Gasteiger partial charge in [-0.15, -0.1) is 16.3 Å². The Morgan fingerprint density at radius 3 is 2.74 bits per heavy atom. The molecule has 0 aromatic carbocycles. The number of aryl methyl sites for hydroxylation is 1. The molecule has 14 heteroatoms.